The van der Waals surface area contributed by atoms with E-state index in [1.54, 1.807) is 7.05 Å². The minimum atomic E-state index is -4.47. The van der Waals surface area contributed by atoms with Crippen molar-refractivity contribution >= 4 is 10.0 Å². The summed E-state index contributed by atoms with van der Waals surface area (Å²) in [5.74, 6) is 0.639. The lowest BCUT2D eigenvalue weighted by Gasteiger charge is -2.34. The molecule has 0 radical (unpaired) electrons. The van der Waals surface area contributed by atoms with Gasteiger partial charge in [-0.2, -0.15) is 17.5 Å². The first kappa shape index (κ1) is 25.1. The fraction of sp³-hybridized carbons (Fsp3) is 0.727. The van der Waals surface area contributed by atoms with Crippen LogP contribution in [0, 0.1) is 5.92 Å². The Kier molecular flexibility index (Phi) is 9.18. The topological polar surface area (TPSA) is 40.6 Å². The van der Waals surface area contributed by atoms with Crippen molar-refractivity contribution in [1.29, 1.82) is 0 Å². The quantitative estimate of drug-likeness (QED) is 0.450. The third kappa shape index (κ3) is 6.95. The average molecular weight is 449 g/mol. The predicted molar refractivity (Wildman–Crippen MR) is 114 cm³/mol. The van der Waals surface area contributed by atoms with Crippen LogP contribution in [0.15, 0.2) is 29.2 Å². The van der Waals surface area contributed by atoms with Gasteiger partial charge >= 0.3 is 6.18 Å². The lowest BCUT2D eigenvalue weighted by Crippen LogP contribution is -2.39. The lowest BCUT2D eigenvalue weighted by molar-refractivity contribution is -0.137. The first-order valence-corrected chi connectivity index (χ1v) is 12.3. The van der Waals surface area contributed by atoms with E-state index in [4.69, 9.17) is 0 Å². The molecule has 1 fully saturated rings. The Bertz CT molecular complexity index is 743. The minimum Gasteiger partial charge on any atom is -0.306 e. The fourth-order valence-electron chi connectivity index (χ4n) is 4.28. The van der Waals surface area contributed by atoms with Gasteiger partial charge in [-0.25, -0.2) is 8.42 Å². The summed E-state index contributed by atoms with van der Waals surface area (Å²) >= 11 is 0. The molecule has 0 amide bonds. The van der Waals surface area contributed by atoms with Gasteiger partial charge in [0.25, 0.3) is 0 Å². The maximum atomic E-state index is 12.8. The summed E-state index contributed by atoms with van der Waals surface area (Å²) in [5.41, 5.74) is -0.842. The standard InChI is InChI=1S/C22H35F3N2O2S/c1-4-16-26(2)17-6-5-7-18-8-12-20(13-9-18)27(3)30(28,29)21-14-10-19(11-15-21)22(23,24)25/h10-11,14-15,18,20H,4-9,12-13,16-17H2,1-3H3/t18-,20-. The molecule has 1 saturated carbocycles. The molecular weight excluding hydrogens is 413 g/mol. The monoisotopic (exact) mass is 448 g/mol. The number of halogens is 3. The summed E-state index contributed by atoms with van der Waals surface area (Å²) in [4.78, 5) is 2.27. The first-order chi connectivity index (χ1) is 14.1. The summed E-state index contributed by atoms with van der Waals surface area (Å²) < 4.78 is 65.2. The van der Waals surface area contributed by atoms with Crippen LogP contribution in [0.1, 0.15) is 63.9 Å². The normalized spacial score (nSPS) is 20.8. The molecule has 1 aromatic rings. The van der Waals surface area contributed by atoms with Crippen molar-refractivity contribution in [2.75, 3.05) is 27.2 Å². The zero-order valence-corrected chi connectivity index (χ0v) is 19.1. The zero-order valence-electron chi connectivity index (χ0n) is 18.3. The van der Waals surface area contributed by atoms with Crippen LogP contribution < -0.4 is 0 Å². The van der Waals surface area contributed by atoms with E-state index in [1.165, 1.54) is 30.0 Å². The van der Waals surface area contributed by atoms with Crippen LogP contribution in [0.3, 0.4) is 0 Å². The molecule has 1 aliphatic carbocycles. The highest BCUT2D eigenvalue weighted by Crippen LogP contribution is 2.34. The molecule has 0 aromatic heterocycles. The van der Waals surface area contributed by atoms with Crippen LogP contribution in [-0.4, -0.2) is 50.8 Å². The molecule has 1 aromatic carbocycles. The molecule has 172 valence electrons. The van der Waals surface area contributed by atoms with E-state index in [9.17, 15) is 21.6 Å². The maximum absolute atomic E-state index is 12.8. The van der Waals surface area contributed by atoms with Gasteiger partial charge in [0.05, 0.1) is 10.5 Å². The molecular formula is C22H35F3N2O2S. The second-order valence-corrected chi connectivity index (χ2v) is 10.5. The molecule has 0 aliphatic heterocycles. The third-order valence-electron chi connectivity index (χ3n) is 6.20. The number of hydrogen-bond donors (Lipinski definition) is 0. The third-order valence-corrected chi connectivity index (χ3v) is 8.12. The molecule has 0 heterocycles. The second-order valence-electron chi connectivity index (χ2n) is 8.52. The van der Waals surface area contributed by atoms with Gasteiger partial charge in [-0.05, 0) is 88.8 Å². The van der Waals surface area contributed by atoms with Gasteiger partial charge in [-0.15, -0.1) is 0 Å². The Balaban J connectivity index is 1.83. The van der Waals surface area contributed by atoms with Crippen molar-refractivity contribution in [1.82, 2.24) is 9.21 Å². The summed E-state index contributed by atoms with van der Waals surface area (Å²) in [6.45, 7) is 4.44. The van der Waals surface area contributed by atoms with E-state index in [-0.39, 0.29) is 10.9 Å². The molecule has 0 atom stereocenters. The van der Waals surface area contributed by atoms with Gasteiger partial charge in [-0.3, -0.25) is 0 Å². The number of unbranched alkanes of at least 4 members (excludes halogenated alkanes) is 1. The molecule has 0 unspecified atom stereocenters. The number of rotatable bonds is 10. The molecule has 8 heteroatoms. The van der Waals surface area contributed by atoms with Crippen LogP contribution in [0.2, 0.25) is 0 Å². The molecule has 30 heavy (non-hydrogen) atoms. The lowest BCUT2D eigenvalue weighted by atomic mass is 9.83. The SMILES string of the molecule is CCCN(C)CCCC[C@H]1CC[C@H](N(C)S(=O)(=O)c2ccc(C(F)(F)F)cc2)CC1. The second kappa shape index (κ2) is 11.0. The van der Waals surface area contributed by atoms with E-state index < -0.39 is 21.8 Å². The van der Waals surface area contributed by atoms with Crippen LogP contribution >= 0.6 is 0 Å². The van der Waals surface area contributed by atoms with Gasteiger partial charge in [0.15, 0.2) is 0 Å². The van der Waals surface area contributed by atoms with Crippen LogP contribution in [0.25, 0.3) is 0 Å². The molecule has 4 nitrogen and oxygen atoms in total. The Morgan fingerprint density at radius 3 is 2.10 bits per heavy atom. The number of alkyl halides is 3. The maximum Gasteiger partial charge on any atom is 0.416 e. The van der Waals surface area contributed by atoms with Crippen LogP contribution in [0.4, 0.5) is 13.2 Å². The van der Waals surface area contributed by atoms with Gasteiger partial charge in [-0.1, -0.05) is 19.8 Å². The van der Waals surface area contributed by atoms with Crippen LogP contribution in [-0.2, 0) is 16.2 Å². The van der Waals surface area contributed by atoms with E-state index in [0.717, 1.165) is 63.0 Å². The predicted octanol–water partition coefficient (Wildman–Crippen LogP) is 5.40. The van der Waals surface area contributed by atoms with Crippen molar-refractivity contribution in [3.8, 4) is 0 Å². The van der Waals surface area contributed by atoms with Crippen LogP contribution in [0.5, 0.6) is 0 Å². The van der Waals surface area contributed by atoms with E-state index in [1.807, 2.05) is 0 Å². The Morgan fingerprint density at radius 2 is 1.57 bits per heavy atom. The largest absolute Gasteiger partial charge is 0.416 e. The Morgan fingerprint density at radius 1 is 0.967 bits per heavy atom. The minimum absolute atomic E-state index is 0.0867. The van der Waals surface area contributed by atoms with Gasteiger partial charge in [0.2, 0.25) is 10.0 Å². The smallest absolute Gasteiger partial charge is 0.306 e. The molecule has 0 saturated heterocycles. The molecule has 1 aliphatic rings. The average Bonchev–Trinajstić information content (AvgIpc) is 2.71. The molecule has 2 rings (SSSR count). The van der Waals surface area contributed by atoms with E-state index in [0.29, 0.717) is 5.92 Å². The first-order valence-electron chi connectivity index (χ1n) is 10.9. The number of benzene rings is 1. The Labute approximate surface area is 179 Å². The van der Waals surface area contributed by atoms with E-state index in [2.05, 4.69) is 18.9 Å². The van der Waals surface area contributed by atoms with Crippen molar-refractivity contribution in [2.45, 2.75) is 75.4 Å². The van der Waals surface area contributed by atoms with Gasteiger partial charge in [0.1, 0.15) is 0 Å². The highest BCUT2D eigenvalue weighted by molar-refractivity contribution is 7.89. The summed E-state index contributed by atoms with van der Waals surface area (Å²) in [6, 6.07) is 3.67. The van der Waals surface area contributed by atoms with Crippen molar-refractivity contribution in [3.63, 3.8) is 0 Å². The van der Waals surface area contributed by atoms with Crippen molar-refractivity contribution < 1.29 is 21.6 Å². The summed E-state index contributed by atoms with van der Waals surface area (Å²) in [6.07, 6.45) is 3.88. The highest BCUT2D eigenvalue weighted by Gasteiger charge is 2.33. The zero-order chi connectivity index (χ0) is 22.4. The molecule has 0 N–H and O–H groups in total. The number of nitrogens with zero attached hydrogens (tertiary/aromatic N) is 2. The number of sulfonamides is 1. The van der Waals surface area contributed by atoms with E-state index >= 15 is 0 Å². The Hall–Kier alpha value is -1.12. The van der Waals surface area contributed by atoms with Crippen molar-refractivity contribution in [2.24, 2.45) is 5.92 Å². The van der Waals surface area contributed by atoms with Gasteiger partial charge in [0, 0.05) is 13.1 Å². The summed E-state index contributed by atoms with van der Waals surface area (Å²) in [5, 5.41) is 0. The molecule has 0 bridgehead atoms. The highest BCUT2D eigenvalue weighted by atomic mass is 32.2. The summed E-state index contributed by atoms with van der Waals surface area (Å²) in [7, 11) is -0.0962. The number of hydrogen-bond acceptors (Lipinski definition) is 3. The molecule has 0 spiro atoms. The van der Waals surface area contributed by atoms with Crippen molar-refractivity contribution in [3.05, 3.63) is 29.8 Å². The van der Waals surface area contributed by atoms with Gasteiger partial charge < -0.3 is 4.90 Å². The fourth-order valence-corrected chi connectivity index (χ4v) is 5.70.